The maximum Gasteiger partial charge on any atom is 0.416 e. The quantitative estimate of drug-likeness (QED) is 0.574. The lowest BCUT2D eigenvalue weighted by Gasteiger charge is -2.44. The van der Waals surface area contributed by atoms with Gasteiger partial charge in [-0.15, -0.1) is 5.10 Å². The summed E-state index contributed by atoms with van der Waals surface area (Å²) in [6.07, 6.45) is 2.39. The summed E-state index contributed by atoms with van der Waals surface area (Å²) in [6, 6.07) is 5.44. The van der Waals surface area contributed by atoms with Crippen molar-refractivity contribution in [1.29, 1.82) is 0 Å². The molecule has 2 fully saturated rings. The molecule has 188 valence electrons. The highest BCUT2D eigenvalue weighted by atomic mass is 19.4. The van der Waals surface area contributed by atoms with Crippen molar-refractivity contribution in [2.24, 2.45) is 0 Å². The van der Waals surface area contributed by atoms with Gasteiger partial charge in [-0.2, -0.15) is 18.3 Å². The van der Waals surface area contributed by atoms with Crippen molar-refractivity contribution >= 4 is 11.8 Å². The van der Waals surface area contributed by atoms with Crippen molar-refractivity contribution in [3.63, 3.8) is 0 Å². The van der Waals surface area contributed by atoms with Crippen LogP contribution in [0.15, 0.2) is 36.5 Å². The lowest BCUT2D eigenvalue weighted by atomic mass is 9.77. The molecule has 11 heteroatoms. The lowest BCUT2D eigenvalue weighted by Crippen LogP contribution is -2.49. The molecule has 0 unspecified atom stereocenters. The van der Waals surface area contributed by atoms with E-state index in [1.165, 1.54) is 12.3 Å². The summed E-state index contributed by atoms with van der Waals surface area (Å²) in [4.78, 5) is 27.0. The Balaban J connectivity index is 1.34. The third-order valence-electron chi connectivity index (χ3n) is 6.84. The van der Waals surface area contributed by atoms with Crippen molar-refractivity contribution in [3.05, 3.63) is 53.3 Å². The van der Waals surface area contributed by atoms with Crippen LogP contribution in [-0.4, -0.2) is 57.7 Å². The molecule has 2 heterocycles. The number of hydrogen-bond acceptors (Lipinski definition) is 6. The Morgan fingerprint density at radius 3 is 2.66 bits per heavy atom. The summed E-state index contributed by atoms with van der Waals surface area (Å²) in [6.45, 7) is 0.919. The van der Waals surface area contributed by atoms with E-state index < -0.39 is 29.1 Å². The second kappa shape index (κ2) is 10.2. The van der Waals surface area contributed by atoms with E-state index in [-0.39, 0.29) is 23.9 Å². The fraction of sp³-hybridized carbons (Fsp3) is 0.500. The Morgan fingerprint density at radius 2 is 1.94 bits per heavy atom. The van der Waals surface area contributed by atoms with Gasteiger partial charge in [-0.1, -0.05) is 25.3 Å². The lowest BCUT2D eigenvalue weighted by molar-refractivity contribution is -0.137. The molecule has 8 nitrogen and oxygen atoms in total. The van der Waals surface area contributed by atoms with Gasteiger partial charge in [-0.3, -0.25) is 14.5 Å². The van der Waals surface area contributed by atoms with E-state index in [0.29, 0.717) is 25.2 Å². The Kier molecular flexibility index (Phi) is 7.25. The van der Waals surface area contributed by atoms with Crippen molar-refractivity contribution in [3.8, 4) is 5.75 Å². The summed E-state index contributed by atoms with van der Waals surface area (Å²) >= 11 is 0. The average molecular weight is 492 g/mol. The second-order valence-electron chi connectivity index (χ2n) is 9.12. The SMILES string of the molecule is O=C(CNC(=O)c1cccc(C(F)(F)F)c1)N[C@@H]1CCN(C2(c3nnccc3O)CCCCC2)C1. The number of amides is 2. The van der Waals surface area contributed by atoms with Gasteiger partial charge in [0.25, 0.3) is 5.91 Å². The fourth-order valence-electron chi connectivity index (χ4n) is 5.14. The Labute approximate surface area is 200 Å². The minimum atomic E-state index is -4.56. The molecule has 2 aliphatic rings. The van der Waals surface area contributed by atoms with Gasteiger partial charge in [0.05, 0.1) is 23.8 Å². The van der Waals surface area contributed by atoms with Gasteiger partial charge in [0.1, 0.15) is 11.4 Å². The van der Waals surface area contributed by atoms with E-state index in [1.807, 2.05) is 0 Å². The summed E-state index contributed by atoms with van der Waals surface area (Å²) < 4.78 is 38.6. The Morgan fingerprint density at radius 1 is 1.17 bits per heavy atom. The molecule has 4 rings (SSSR count). The second-order valence-corrected chi connectivity index (χ2v) is 9.12. The monoisotopic (exact) mass is 491 g/mol. The van der Waals surface area contributed by atoms with Gasteiger partial charge in [-0.25, -0.2) is 0 Å². The first-order chi connectivity index (χ1) is 16.7. The molecule has 35 heavy (non-hydrogen) atoms. The van der Waals surface area contributed by atoms with E-state index in [9.17, 15) is 27.9 Å². The summed E-state index contributed by atoms with van der Waals surface area (Å²) in [7, 11) is 0. The number of nitrogens with one attached hydrogen (secondary N) is 2. The third-order valence-corrected chi connectivity index (χ3v) is 6.84. The number of nitrogens with zero attached hydrogens (tertiary/aromatic N) is 3. The van der Waals surface area contributed by atoms with E-state index >= 15 is 0 Å². The van der Waals surface area contributed by atoms with E-state index in [2.05, 4.69) is 25.7 Å². The fourth-order valence-corrected chi connectivity index (χ4v) is 5.14. The van der Waals surface area contributed by atoms with Gasteiger partial charge < -0.3 is 15.7 Å². The minimum Gasteiger partial charge on any atom is -0.506 e. The standard InChI is InChI=1S/C24H28F3N5O3/c25-24(26,27)17-6-4-5-16(13-17)22(35)28-14-20(34)30-18-8-12-32(15-18)23(9-2-1-3-10-23)21-19(33)7-11-29-31-21/h4-7,11,13,18H,1-3,8-10,12,14-15H2,(H,28,35)(H,29,33)(H,30,34)/t18-/m1/s1. The number of rotatable bonds is 6. The molecular formula is C24H28F3N5O3. The van der Waals surface area contributed by atoms with E-state index in [1.54, 1.807) is 6.07 Å². The van der Waals surface area contributed by atoms with Crippen molar-refractivity contribution < 1.29 is 27.9 Å². The van der Waals surface area contributed by atoms with Crippen LogP contribution >= 0.6 is 0 Å². The molecule has 1 aromatic carbocycles. The third kappa shape index (κ3) is 5.55. The van der Waals surface area contributed by atoms with E-state index in [4.69, 9.17) is 0 Å². The number of aromatic nitrogens is 2. The number of aromatic hydroxyl groups is 1. The molecule has 0 spiro atoms. The van der Waals surface area contributed by atoms with Crippen molar-refractivity contribution in [1.82, 2.24) is 25.7 Å². The normalized spacial score (nSPS) is 20.4. The molecule has 1 saturated heterocycles. The number of carbonyl (C=O) groups is 2. The first-order valence-electron chi connectivity index (χ1n) is 11.7. The predicted molar refractivity (Wildman–Crippen MR) is 120 cm³/mol. The van der Waals surface area contributed by atoms with Crippen LogP contribution in [0.3, 0.4) is 0 Å². The van der Waals surface area contributed by atoms with Gasteiger partial charge in [0.15, 0.2) is 0 Å². The molecule has 1 aromatic heterocycles. The van der Waals surface area contributed by atoms with Crippen LogP contribution in [0, 0.1) is 0 Å². The molecule has 2 amide bonds. The maximum absolute atomic E-state index is 12.9. The molecule has 0 radical (unpaired) electrons. The highest BCUT2D eigenvalue weighted by molar-refractivity contribution is 5.96. The minimum absolute atomic E-state index is 0.117. The number of halogens is 3. The molecule has 1 aliphatic carbocycles. The first-order valence-corrected chi connectivity index (χ1v) is 11.7. The van der Waals surface area contributed by atoms with Gasteiger partial charge in [-0.05, 0) is 37.5 Å². The van der Waals surface area contributed by atoms with Gasteiger partial charge in [0.2, 0.25) is 5.91 Å². The molecular weight excluding hydrogens is 463 g/mol. The topological polar surface area (TPSA) is 107 Å². The van der Waals surface area contributed by atoms with Crippen LogP contribution in [0.4, 0.5) is 13.2 Å². The summed E-state index contributed by atoms with van der Waals surface area (Å²) in [5.74, 6) is -1.05. The van der Waals surface area contributed by atoms with E-state index in [0.717, 1.165) is 50.3 Å². The Bertz CT molecular complexity index is 1070. The largest absolute Gasteiger partial charge is 0.506 e. The number of benzene rings is 1. The van der Waals surface area contributed by atoms with Crippen LogP contribution in [0.1, 0.15) is 60.1 Å². The number of hydrogen-bond donors (Lipinski definition) is 3. The highest BCUT2D eigenvalue weighted by Gasteiger charge is 2.45. The van der Waals surface area contributed by atoms with Crippen LogP contribution in [0.2, 0.25) is 0 Å². The molecule has 0 bridgehead atoms. The van der Waals surface area contributed by atoms with Crippen molar-refractivity contribution in [2.75, 3.05) is 19.6 Å². The Hall–Kier alpha value is -3.21. The van der Waals surface area contributed by atoms with Crippen LogP contribution < -0.4 is 10.6 Å². The molecule has 2 aromatic rings. The van der Waals surface area contributed by atoms with Crippen LogP contribution in [-0.2, 0) is 16.5 Å². The smallest absolute Gasteiger partial charge is 0.416 e. The van der Waals surface area contributed by atoms with Crippen LogP contribution in [0.5, 0.6) is 5.75 Å². The number of carbonyl (C=O) groups excluding carboxylic acids is 2. The van der Waals surface area contributed by atoms with Gasteiger partial charge in [0, 0.05) is 30.8 Å². The van der Waals surface area contributed by atoms with Crippen LogP contribution in [0.25, 0.3) is 0 Å². The zero-order valence-electron chi connectivity index (χ0n) is 19.1. The summed E-state index contributed by atoms with van der Waals surface area (Å²) in [5.41, 5.74) is -0.956. The number of alkyl halides is 3. The highest BCUT2D eigenvalue weighted by Crippen LogP contribution is 2.45. The maximum atomic E-state index is 12.9. The molecule has 1 aliphatic heterocycles. The predicted octanol–water partition coefficient (Wildman–Crippen LogP) is 2.98. The zero-order chi connectivity index (χ0) is 25.1. The molecule has 1 saturated carbocycles. The average Bonchev–Trinajstić information content (AvgIpc) is 3.32. The molecule has 3 N–H and O–H groups in total. The zero-order valence-corrected chi connectivity index (χ0v) is 19.1. The van der Waals surface area contributed by atoms with Gasteiger partial charge >= 0.3 is 6.18 Å². The molecule has 1 atom stereocenters. The number of likely N-dealkylation sites (tertiary alicyclic amines) is 1. The van der Waals surface area contributed by atoms with Crippen molar-refractivity contribution in [2.45, 2.75) is 56.3 Å². The summed E-state index contributed by atoms with van der Waals surface area (Å²) in [5, 5.41) is 24.0. The first kappa shape index (κ1) is 24.9.